The van der Waals surface area contributed by atoms with Crippen molar-refractivity contribution in [3.8, 4) is 11.5 Å². The van der Waals surface area contributed by atoms with Gasteiger partial charge in [-0.2, -0.15) is 17.6 Å². The molecule has 34 heavy (non-hydrogen) atoms. The average molecular weight is 482 g/mol. The van der Waals surface area contributed by atoms with E-state index in [9.17, 15) is 26.3 Å². The molecule has 0 fully saturated rings. The van der Waals surface area contributed by atoms with E-state index in [0.717, 1.165) is 54.8 Å². The van der Waals surface area contributed by atoms with Crippen molar-refractivity contribution in [2.45, 2.75) is 51.7 Å². The molecule has 0 saturated carbocycles. The molecule has 0 heterocycles. The summed E-state index contributed by atoms with van der Waals surface area (Å²) >= 11 is 0. The van der Waals surface area contributed by atoms with Crippen molar-refractivity contribution in [2.75, 3.05) is 0 Å². The van der Waals surface area contributed by atoms with Crippen LogP contribution in [0.5, 0.6) is 11.5 Å². The zero-order chi connectivity index (χ0) is 24.9. The molecule has 0 saturated heterocycles. The molecule has 182 valence electrons. The van der Waals surface area contributed by atoms with Crippen LogP contribution in [0.25, 0.3) is 0 Å². The molecule has 0 aliphatic rings. The molecule has 3 aromatic carbocycles. The Morgan fingerprint density at radius 2 is 1.15 bits per heavy atom. The minimum absolute atomic E-state index is 0.0221. The molecule has 0 aliphatic carbocycles. The minimum Gasteiger partial charge on any atom is -0.429 e. The van der Waals surface area contributed by atoms with Crippen LogP contribution in [-0.4, -0.2) is 0 Å². The first-order chi connectivity index (χ1) is 16.1. The third kappa shape index (κ3) is 5.85. The van der Waals surface area contributed by atoms with E-state index in [1.54, 1.807) is 19.1 Å². The maximum Gasteiger partial charge on any atom is 0.429 e. The highest BCUT2D eigenvalue weighted by Crippen LogP contribution is 2.37. The Labute approximate surface area is 194 Å². The van der Waals surface area contributed by atoms with Gasteiger partial charge in [-0.05, 0) is 66.4 Å². The zero-order valence-corrected chi connectivity index (χ0v) is 18.7. The van der Waals surface area contributed by atoms with Gasteiger partial charge in [0, 0.05) is 0 Å². The fraction of sp³-hybridized carbons (Fsp3) is 0.308. The molecule has 0 radical (unpaired) electrons. The third-order valence-electron chi connectivity index (χ3n) is 5.14. The van der Waals surface area contributed by atoms with Crippen molar-refractivity contribution in [1.82, 2.24) is 0 Å². The summed E-state index contributed by atoms with van der Waals surface area (Å²) < 4.78 is 95.7. The maximum absolute atomic E-state index is 14.5. The topological polar surface area (TPSA) is 18.5 Å². The van der Waals surface area contributed by atoms with Gasteiger partial charge in [0.25, 0.3) is 0 Å². The molecule has 0 amide bonds. The molecule has 2 nitrogen and oxygen atoms in total. The van der Waals surface area contributed by atoms with Crippen LogP contribution in [0.4, 0.5) is 26.3 Å². The summed E-state index contributed by atoms with van der Waals surface area (Å²) in [4.78, 5) is 0. The van der Waals surface area contributed by atoms with Crippen LogP contribution >= 0.6 is 0 Å². The Balaban J connectivity index is 1.74. The summed E-state index contributed by atoms with van der Waals surface area (Å²) in [6.07, 6.45) is -5.55. The lowest BCUT2D eigenvalue weighted by molar-refractivity contribution is -0.188. The summed E-state index contributed by atoms with van der Waals surface area (Å²) in [6.45, 7) is 3.74. The van der Waals surface area contributed by atoms with Crippen LogP contribution in [0.1, 0.15) is 48.9 Å². The van der Waals surface area contributed by atoms with Gasteiger partial charge in [0.2, 0.25) is 0 Å². The second kappa shape index (κ2) is 10.4. The largest absolute Gasteiger partial charge is 0.429 e. The van der Waals surface area contributed by atoms with Gasteiger partial charge in [0.15, 0.2) is 11.6 Å². The molecule has 0 aliphatic heterocycles. The highest BCUT2D eigenvalue weighted by Gasteiger charge is 2.40. The first-order valence-corrected chi connectivity index (χ1v) is 10.9. The smallest absolute Gasteiger partial charge is 0.429 e. The Hall–Kier alpha value is -3.16. The van der Waals surface area contributed by atoms with Gasteiger partial charge >= 0.3 is 12.2 Å². The van der Waals surface area contributed by atoms with E-state index >= 15 is 0 Å². The quantitative estimate of drug-likeness (QED) is 0.272. The van der Waals surface area contributed by atoms with Crippen molar-refractivity contribution >= 4 is 0 Å². The lowest BCUT2D eigenvalue weighted by atomic mass is 10.1. The van der Waals surface area contributed by atoms with Crippen LogP contribution in [-0.2, 0) is 25.1 Å². The second-order valence-electron chi connectivity index (χ2n) is 7.81. The van der Waals surface area contributed by atoms with Crippen molar-refractivity contribution in [3.63, 3.8) is 0 Å². The monoisotopic (exact) mass is 482 g/mol. The van der Waals surface area contributed by atoms with E-state index in [0.29, 0.717) is 6.42 Å². The second-order valence-corrected chi connectivity index (χ2v) is 7.81. The number of rotatable bonds is 10. The molecule has 0 atom stereocenters. The van der Waals surface area contributed by atoms with Crippen LogP contribution < -0.4 is 9.47 Å². The van der Waals surface area contributed by atoms with Crippen LogP contribution in [0, 0.1) is 11.6 Å². The zero-order valence-electron chi connectivity index (χ0n) is 18.7. The van der Waals surface area contributed by atoms with Crippen molar-refractivity contribution in [2.24, 2.45) is 0 Å². The molecule has 0 aromatic heterocycles. The maximum atomic E-state index is 14.5. The van der Waals surface area contributed by atoms with Gasteiger partial charge in [-0.25, -0.2) is 8.78 Å². The number of aryl methyl sites for hydroxylation is 2. The van der Waals surface area contributed by atoms with Crippen LogP contribution in [0.3, 0.4) is 0 Å². The molecule has 8 heteroatoms. The predicted molar refractivity (Wildman–Crippen MR) is 116 cm³/mol. The van der Waals surface area contributed by atoms with Crippen LogP contribution in [0.15, 0.2) is 60.7 Å². The molecule has 0 spiro atoms. The van der Waals surface area contributed by atoms with Crippen molar-refractivity contribution < 1.29 is 35.8 Å². The summed E-state index contributed by atoms with van der Waals surface area (Å²) in [6, 6.07) is 11.5. The standard InChI is InChI=1S/C26H24F6O2/c1-3-5-17-7-12-20(13-8-17)33-25(29,30)19-10-14-21(15-11-19)34-26(31,32)22-16-9-18(6-4-2)23(27)24(22)28/h7-16H,3-6H2,1-2H3. The van der Waals surface area contributed by atoms with E-state index in [1.165, 1.54) is 12.1 Å². The fourth-order valence-corrected chi connectivity index (χ4v) is 3.42. The van der Waals surface area contributed by atoms with E-state index in [1.807, 2.05) is 6.92 Å². The number of ether oxygens (including phenoxy) is 2. The molecule has 0 N–H and O–H groups in total. The number of halogens is 6. The first kappa shape index (κ1) is 25.5. The third-order valence-corrected chi connectivity index (χ3v) is 5.14. The summed E-state index contributed by atoms with van der Waals surface area (Å²) in [7, 11) is 0. The lowest BCUT2D eigenvalue weighted by Crippen LogP contribution is -2.25. The minimum atomic E-state index is -4.23. The summed E-state index contributed by atoms with van der Waals surface area (Å²) in [5, 5.41) is 0. The Morgan fingerprint density at radius 1 is 0.618 bits per heavy atom. The molecular formula is C26H24F6O2. The normalized spacial score (nSPS) is 12.0. The number of hydrogen-bond acceptors (Lipinski definition) is 2. The average Bonchev–Trinajstić information content (AvgIpc) is 2.78. The number of alkyl halides is 4. The van der Waals surface area contributed by atoms with Gasteiger partial charge in [0.1, 0.15) is 17.1 Å². The Morgan fingerprint density at radius 3 is 1.71 bits per heavy atom. The van der Waals surface area contributed by atoms with Gasteiger partial charge in [-0.3, -0.25) is 0 Å². The van der Waals surface area contributed by atoms with Gasteiger partial charge in [0.05, 0.1) is 5.56 Å². The molecule has 0 bridgehead atoms. The van der Waals surface area contributed by atoms with E-state index in [2.05, 4.69) is 4.74 Å². The van der Waals surface area contributed by atoms with Crippen molar-refractivity contribution in [3.05, 3.63) is 94.6 Å². The van der Waals surface area contributed by atoms with Gasteiger partial charge in [-0.15, -0.1) is 0 Å². The highest BCUT2D eigenvalue weighted by atomic mass is 19.3. The Bertz CT molecular complexity index is 1100. The van der Waals surface area contributed by atoms with Crippen molar-refractivity contribution in [1.29, 1.82) is 0 Å². The number of hydrogen-bond donors (Lipinski definition) is 0. The molecule has 3 rings (SSSR count). The molecule has 3 aromatic rings. The Kier molecular flexibility index (Phi) is 7.79. The fourth-order valence-electron chi connectivity index (χ4n) is 3.42. The summed E-state index contributed by atoms with van der Waals surface area (Å²) in [5.41, 5.74) is -0.917. The summed E-state index contributed by atoms with van der Waals surface area (Å²) in [5.74, 6) is -3.64. The lowest BCUT2D eigenvalue weighted by Gasteiger charge is -2.21. The first-order valence-electron chi connectivity index (χ1n) is 10.9. The van der Waals surface area contributed by atoms with Gasteiger partial charge < -0.3 is 9.47 Å². The highest BCUT2D eigenvalue weighted by molar-refractivity contribution is 5.34. The van der Waals surface area contributed by atoms with Gasteiger partial charge in [-0.1, -0.05) is 44.9 Å². The molecular weight excluding hydrogens is 458 g/mol. The predicted octanol–water partition coefficient (Wildman–Crippen LogP) is 8.13. The number of benzene rings is 3. The van der Waals surface area contributed by atoms with Crippen LogP contribution in [0.2, 0.25) is 0 Å². The SMILES string of the molecule is CCCc1ccc(OC(F)(F)c2ccc(OC(F)(F)c3ccc(CCC)c(F)c3F)cc2)cc1. The molecule has 0 unspecified atom stereocenters. The van der Waals surface area contributed by atoms with E-state index in [-0.39, 0.29) is 17.7 Å². The van der Waals surface area contributed by atoms with E-state index in [4.69, 9.17) is 4.74 Å². The van der Waals surface area contributed by atoms with E-state index < -0.39 is 40.7 Å².